The number of hydrogen-bond acceptors (Lipinski definition) is 3. The molecule has 0 saturated heterocycles. The Bertz CT molecular complexity index is 525. The summed E-state index contributed by atoms with van der Waals surface area (Å²) in [5, 5.41) is 3.42. The van der Waals surface area contributed by atoms with Gasteiger partial charge in [0.1, 0.15) is 11.5 Å². The van der Waals surface area contributed by atoms with Crippen molar-refractivity contribution in [2.75, 3.05) is 6.79 Å². The van der Waals surface area contributed by atoms with E-state index in [1.807, 2.05) is 24.3 Å². The average molecular weight is 241 g/mol. The van der Waals surface area contributed by atoms with Gasteiger partial charge in [-0.3, -0.25) is 0 Å². The van der Waals surface area contributed by atoms with Crippen molar-refractivity contribution in [2.45, 2.75) is 13.1 Å². The zero-order valence-electron chi connectivity index (χ0n) is 10.1. The fourth-order valence-electron chi connectivity index (χ4n) is 2.00. The van der Waals surface area contributed by atoms with Crippen molar-refractivity contribution in [3.63, 3.8) is 0 Å². The van der Waals surface area contributed by atoms with Crippen LogP contribution in [-0.2, 0) is 13.1 Å². The van der Waals surface area contributed by atoms with Crippen molar-refractivity contribution in [1.82, 2.24) is 5.32 Å². The van der Waals surface area contributed by atoms with Crippen LogP contribution in [0.1, 0.15) is 11.1 Å². The molecule has 2 bridgehead atoms. The molecule has 1 heterocycles. The normalized spacial score (nSPS) is 12.7. The van der Waals surface area contributed by atoms with Crippen LogP contribution in [0.4, 0.5) is 0 Å². The van der Waals surface area contributed by atoms with Gasteiger partial charge >= 0.3 is 0 Å². The first kappa shape index (κ1) is 11.1. The van der Waals surface area contributed by atoms with Crippen molar-refractivity contribution in [2.24, 2.45) is 0 Å². The van der Waals surface area contributed by atoms with Crippen LogP contribution in [0.2, 0.25) is 0 Å². The molecule has 0 atom stereocenters. The van der Waals surface area contributed by atoms with Crippen LogP contribution < -0.4 is 14.8 Å². The van der Waals surface area contributed by atoms with E-state index in [2.05, 4.69) is 29.6 Å². The Labute approximate surface area is 106 Å². The van der Waals surface area contributed by atoms with Crippen LogP contribution >= 0.6 is 0 Å². The van der Waals surface area contributed by atoms with E-state index in [0.717, 1.165) is 30.2 Å². The molecule has 0 spiro atoms. The number of ether oxygens (including phenoxy) is 2. The number of hydrogen-bond donors (Lipinski definition) is 1. The lowest BCUT2D eigenvalue weighted by atomic mass is 10.1. The largest absolute Gasteiger partial charge is 0.457 e. The molecule has 0 amide bonds. The minimum Gasteiger partial charge on any atom is -0.457 e. The van der Waals surface area contributed by atoms with Gasteiger partial charge in [-0.2, -0.15) is 0 Å². The van der Waals surface area contributed by atoms with Gasteiger partial charge in [0.2, 0.25) is 6.79 Å². The van der Waals surface area contributed by atoms with Gasteiger partial charge in [-0.1, -0.05) is 36.4 Å². The first-order valence-electron chi connectivity index (χ1n) is 6.05. The molecule has 3 nitrogen and oxygen atoms in total. The number of benzene rings is 2. The van der Waals surface area contributed by atoms with Crippen molar-refractivity contribution in [3.05, 3.63) is 59.7 Å². The summed E-state index contributed by atoms with van der Waals surface area (Å²) in [6.45, 7) is 1.97. The summed E-state index contributed by atoms with van der Waals surface area (Å²) in [4.78, 5) is 0. The quantitative estimate of drug-likeness (QED) is 0.892. The predicted octanol–water partition coefficient (Wildman–Crippen LogP) is 2.71. The highest BCUT2D eigenvalue weighted by Gasteiger charge is 2.10. The molecule has 0 unspecified atom stereocenters. The SMILES string of the molecule is c1ccc(CNCc2ccc3cc2OCO3)cc1. The lowest BCUT2D eigenvalue weighted by Gasteiger charge is -2.18. The average Bonchev–Trinajstić information content (AvgIpc) is 2.43. The van der Waals surface area contributed by atoms with E-state index < -0.39 is 0 Å². The molecule has 2 aromatic carbocycles. The van der Waals surface area contributed by atoms with Crippen LogP contribution in [-0.4, -0.2) is 6.79 Å². The first-order chi connectivity index (χ1) is 8.92. The van der Waals surface area contributed by atoms with Crippen molar-refractivity contribution in [3.8, 4) is 11.5 Å². The Kier molecular flexibility index (Phi) is 3.15. The second-order valence-electron chi connectivity index (χ2n) is 4.27. The molecule has 3 heteroatoms. The Morgan fingerprint density at radius 2 is 1.83 bits per heavy atom. The maximum atomic E-state index is 5.45. The highest BCUT2D eigenvalue weighted by Crippen LogP contribution is 2.28. The van der Waals surface area contributed by atoms with Gasteiger partial charge < -0.3 is 14.8 Å². The monoisotopic (exact) mass is 241 g/mol. The van der Waals surface area contributed by atoms with Crippen molar-refractivity contribution < 1.29 is 9.47 Å². The van der Waals surface area contributed by atoms with Crippen LogP contribution in [0, 0.1) is 0 Å². The third-order valence-corrected chi connectivity index (χ3v) is 2.97. The molecule has 18 heavy (non-hydrogen) atoms. The molecule has 0 saturated carbocycles. The highest BCUT2D eigenvalue weighted by molar-refractivity contribution is 5.41. The smallest absolute Gasteiger partial charge is 0.230 e. The molecular formula is C15H15NO2. The van der Waals surface area contributed by atoms with E-state index in [0.29, 0.717) is 6.79 Å². The third-order valence-electron chi connectivity index (χ3n) is 2.97. The molecule has 3 rings (SSSR count). The van der Waals surface area contributed by atoms with Gasteiger partial charge in [-0.05, 0) is 11.6 Å². The highest BCUT2D eigenvalue weighted by atomic mass is 16.7. The Morgan fingerprint density at radius 3 is 2.72 bits per heavy atom. The Morgan fingerprint density at radius 1 is 0.944 bits per heavy atom. The van der Waals surface area contributed by atoms with Crippen molar-refractivity contribution >= 4 is 0 Å². The lowest BCUT2D eigenvalue weighted by molar-refractivity contribution is 0.104. The van der Waals surface area contributed by atoms with Gasteiger partial charge in [-0.25, -0.2) is 0 Å². The van der Waals surface area contributed by atoms with E-state index in [-0.39, 0.29) is 0 Å². The van der Waals surface area contributed by atoms with Gasteiger partial charge in [0.15, 0.2) is 0 Å². The van der Waals surface area contributed by atoms with Crippen LogP contribution in [0.25, 0.3) is 0 Å². The number of nitrogens with one attached hydrogen (secondary N) is 1. The van der Waals surface area contributed by atoms with Crippen LogP contribution in [0.3, 0.4) is 0 Å². The molecule has 1 aliphatic rings. The molecule has 0 radical (unpaired) electrons. The molecule has 2 aromatic rings. The fraction of sp³-hybridized carbons (Fsp3) is 0.200. The summed E-state index contributed by atoms with van der Waals surface area (Å²) >= 11 is 0. The summed E-state index contributed by atoms with van der Waals surface area (Å²) in [6.07, 6.45) is 0. The molecule has 0 fully saturated rings. The van der Waals surface area contributed by atoms with Gasteiger partial charge in [-0.15, -0.1) is 0 Å². The minimum atomic E-state index is 0.313. The first-order valence-corrected chi connectivity index (χ1v) is 6.05. The van der Waals surface area contributed by atoms with Crippen LogP contribution in [0.5, 0.6) is 11.5 Å². The maximum Gasteiger partial charge on any atom is 0.230 e. The van der Waals surface area contributed by atoms with E-state index in [1.165, 1.54) is 5.56 Å². The standard InChI is InChI=1S/C15H15NO2/c1-2-4-12(5-3-1)9-16-10-13-6-7-14-8-15(13)18-11-17-14/h1-8,16H,9-11H2. The number of rotatable bonds is 4. The predicted molar refractivity (Wildman–Crippen MR) is 69.6 cm³/mol. The van der Waals surface area contributed by atoms with Gasteiger partial charge in [0.25, 0.3) is 0 Å². The minimum absolute atomic E-state index is 0.313. The second-order valence-corrected chi connectivity index (χ2v) is 4.27. The molecule has 1 aliphatic heterocycles. The van der Waals surface area contributed by atoms with E-state index >= 15 is 0 Å². The molecule has 0 aliphatic carbocycles. The van der Waals surface area contributed by atoms with E-state index in [1.54, 1.807) is 0 Å². The zero-order chi connectivity index (χ0) is 12.2. The summed E-state index contributed by atoms with van der Waals surface area (Å²) < 4.78 is 10.7. The van der Waals surface area contributed by atoms with Gasteiger partial charge in [0, 0.05) is 24.7 Å². The van der Waals surface area contributed by atoms with Crippen molar-refractivity contribution in [1.29, 1.82) is 0 Å². The Hall–Kier alpha value is -2.00. The Balaban J connectivity index is 1.61. The second kappa shape index (κ2) is 5.10. The zero-order valence-corrected chi connectivity index (χ0v) is 10.1. The van der Waals surface area contributed by atoms with E-state index in [9.17, 15) is 0 Å². The number of fused-ring (bicyclic) bond motifs is 2. The topological polar surface area (TPSA) is 30.5 Å². The molecule has 1 N–H and O–H groups in total. The summed E-state index contributed by atoms with van der Waals surface area (Å²) in [6, 6.07) is 16.3. The van der Waals surface area contributed by atoms with Gasteiger partial charge in [0.05, 0.1) is 0 Å². The maximum absolute atomic E-state index is 5.45. The van der Waals surface area contributed by atoms with Crippen LogP contribution in [0.15, 0.2) is 48.5 Å². The third kappa shape index (κ3) is 2.46. The fourth-order valence-corrected chi connectivity index (χ4v) is 2.00. The lowest BCUT2D eigenvalue weighted by Crippen LogP contribution is -2.16. The summed E-state index contributed by atoms with van der Waals surface area (Å²) in [7, 11) is 0. The molecular weight excluding hydrogens is 226 g/mol. The summed E-state index contributed by atoms with van der Waals surface area (Å²) in [5.74, 6) is 1.79. The van der Waals surface area contributed by atoms with E-state index in [4.69, 9.17) is 9.47 Å². The summed E-state index contributed by atoms with van der Waals surface area (Å²) in [5.41, 5.74) is 2.45. The molecule has 92 valence electrons. The molecule has 0 aromatic heterocycles.